The molecule has 0 bridgehead atoms. The Morgan fingerprint density at radius 1 is 1.00 bits per heavy atom. The average Bonchev–Trinajstić information content (AvgIpc) is 3.28. The number of imide groups is 1. The first kappa shape index (κ1) is 15.5. The molecule has 1 saturated heterocycles. The minimum atomic E-state index is -0.567. The van der Waals surface area contributed by atoms with Crippen molar-refractivity contribution < 1.29 is 23.8 Å². The highest BCUT2D eigenvalue weighted by atomic mass is 16.7. The second-order valence-corrected chi connectivity index (χ2v) is 5.94. The maximum atomic E-state index is 12.6. The molecule has 128 valence electrons. The number of hydrogen-bond acceptors (Lipinski definition) is 5. The fraction of sp³-hybridized carbons (Fsp3) is 0.263. The van der Waals surface area contributed by atoms with Crippen LogP contribution in [0.3, 0.4) is 0 Å². The van der Waals surface area contributed by atoms with Crippen LogP contribution in [0.5, 0.6) is 11.5 Å². The quantitative estimate of drug-likeness (QED) is 0.857. The van der Waals surface area contributed by atoms with Crippen molar-refractivity contribution in [3.63, 3.8) is 0 Å². The van der Waals surface area contributed by atoms with Gasteiger partial charge in [-0.05, 0) is 23.3 Å². The molecule has 1 fully saturated rings. The standard InChI is InChI=1S/C19H17NO5/c21-18(20-8-9-23-19(20)22)11-15(13-4-2-1-3-5-13)14-6-7-16-17(10-14)25-12-24-16/h1-7,10,15H,8-9,11-12H2. The zero-order valence-electron chi connectivity index (χ0n) is 13.5. The van der Waals surface area contributed by atoms with Crippen molar-refractivity contribution in [2.75, 3.05) is 19.9 Å². The molecule has 0 spiro atoms. The SMILES string of the molecule is O=C(CC(c1ccccc1)c1ccc2c(c1)OCO2)N1CCOC1=O. The third kappa shape index (κ3) is 3.03. The van der Waals surface area contributed by atoms with Crippen LogP contribution in [0, 0.1) is 0 Å². The van der Waals surface area contributed by atoms with Crippen molar-refractivity contribution in [3.8, 4) is 11.5 Å². The van der Waals surface area contributed by atoms with Gasteiger partial charge in [0.05, 0.1) is 6.54 Å². The van der Waals surface area contributed by atoms with Crippen LogP contribution < -0.4 is 9.47 Å². The van der Waals surface area contributed by atoms with E-state index in [4.69, 9.17) is 14.2 Å². The van der Waals surface area contributed by atoms with E-state index in [2.05, 4.69) is 0 Å². The summed E-state index contributed by atoms with van der Waals surface area (Å²) in [4.78, 5) is 25.5. The van der Waals surface area contributed by atoms with Gasteiger partial charge in [0.1, 0.15) is 6.61 Å². The molecule has 4 rings (SSSR count). The van der Waals surface area contributed by atoms with E-state index in [0.717, 1.165) is 11.1 Å². The van der Waals surface area contributed by atoms with Gasteiger partial charge in [-0.1, -0.05) is 36.4 Å². The molecule has 0 aliphatic carbocycles. The fourth-order valence-corrected chi connectivity index (χ4v) is 3.15. The Balaban J connectivity index is 1.65. The minimum absolute atomic E-state index is 0.179. The Hall–Kier alpha value is -3.02. The first-order valence-electron chi connectivity index (χ1n) is 8.14. The van der Waals surface area contributed by atoms with Crippen molar-refractivity contribution in [1.29, 1.82) is 0 Å². The fourth-order valence-electron chi connectivity index (χ4n) is 3.15. The van der Waals surface area contributed by atoms with Crippen LogP contribution >= 0.6 is 0 Å². The molecule has 2 aromatic rings. The van der Waals surface area contributed by atoms with Crippen LogP contribution in [0.4, 0.5) is 4.79 Å². The molecule has 0 radical (unpaired) electrons. The van der Waals surface area contributed by atoms with Crippen LogP contribution in [-0.4, -0.2) is 36.8 Å². The zero-order chi connectivity index (χ0) is 17.2. The normalized spacial score (nSPS) is 16.6. The van der Waals surface area contributed by atoms with Crippen molar-refractivity contribution >= 4 is 12.0 Å². The van der Waals surface area contributed by atoms with Gasteiger partial charge in [0, 0.05) is 12.3 Å². The largest absolute Gasteiger partial charge is 0.454 e. The molecule has 2 heterocycles. The molecular weight excluding hydrogens is 322 g/mol. The Morgan fingerprint density at radius 2 is 1.80 bits per heavy atom. The molecule has 2 aliphatic rings. The van der Waals surface area contributed by atoms with E-state index in [1.165, 1.54) is 4.90 Å². The summed E-state index contributed by atoms with van der Waals surface area (Å²) in [6, 6.07) is 15.4. The van der Waals surface area contributed by atoms with E-state index in [9.17, 15) is 9.59 Å². The summed E-state index contributed by atoms with van der Waals surface area (Å²) in [5, 5.41) is 0. The number of hydrogen-bond donors (Lipinski definition) is 0. The average molecular weight is 339 g/mol. The third-order valence-electron chi connectivity index (χ3n) is 4.44. The highest BCUT2D eigenvalue weighted by Gasteiger charge is 2.31. The molecule has 25 heavy (non-hydrogen) atoms. The lowest BCUT2D eigenvalue weighted by Gasteiger charge is -2.20. The summed E-state index contributed by atoms with van der Waals surface area (Å²) in [7, 11) is 0. The summed E-state index contributed by atoms with van der Waals surface area (Å²) in [5.41, 5.74) is 1.94. The zero-order valence-corrected chi connectivity index (χ0v) is 13.5. The molecule has 0 saturated carbocycles. The Morgan fingerprint density at radius 3 is 2.56 bits per heavy atom. The number of ether oxygens (including phenoxy) is 3. The highest BCUT2D eigenvalue weighted by Crippen LogP contribution is 2.37. The van der Waals surface area contributed by atoms with Crippen LogP contribution in [0.15, 0.2) is 48.5 Å². The van der Waals surface area contributed by atoms with Crippen LogP contribution in [0.25, 0.3) is 0 Å². The minimum Gasteiger partial charge on any atom is -0.454 e. The van der Waals surface area contributed by atoms with E-state index < -0.39 is 6.09 Å². The number of amides is 2. The first-order valence-corrected chi connectivity index (χ1v) is 8.14. The Bertz CT molecular complexity index is 805. The summed E-state index contributed by atoms with van der Waals surface area (Å²) < 4.78 is 15.7. The van der Waals surface area contributed by atoms with Crippen molar-refractivity contribution in [1.82, 2.24) is 4.90 Å². The predicted octanol–water partition coefficient (Wildman–Crippen LogP) is 2.92. The van der Waals surface area contributed by atoms with Gasteiger partial charge in [0.15, 0.2) is 11.5 Å². The summed E-state index contributed by atoms with van der Waals surface area (Å²) in [5.74, 6) is 0.946. The smallest absolute Gasteiger partial charge is 0.416 e. The van der Waals surface area contributed by atoms with E-state index >= 15 is 0 Å². The van der Waals surface area contributed by atoms with E-state index in [-0.39, 0.29) is 31.6 Å². The van der Waals surface area contributed by atoms with Gasteiger partial charge in [-0.3, -0.25) is 4.79 Å². The molecular formula is C19H17NO5. The molecule has 1 unspecified atom stereocenters. The van der Waals surface area contributed by atoms with Gasteiger partial charge in [0.25, 0.3) is 0 Å². The lowest BCUT2D eigenvalue weighted by atomic mass is 9.88. The lowest BCUT2D eigenvalue weighted by molar-refractivity contribution is -0.127. The topological polar surface area (TPSA) is 65.1 Å². The van der Waals surface area contributed by atoms with Crippen molar-refractivity contribution in [2.24, 2.45) is 0 Å². The number of benzene rings is 2. The number of carbonyl (C=O) groups is 2. The molecule has 6 heteroatoms. The van der Waals surface area contributed by atoms with Crippen molar-refractivity contribution in [3.05, 3.63) is 59.7 Å². The van der Waals surface area contributed by atoms with Gasteiger partial charge >= 0.3 is 6.09 Å². The van der Waals surface area contributed by atoms with E-state index in [1.54, 1.807) is 0 Å². The van der Waals surface area contributed by atoms with E-state index in [0.29, 0.717) is 18.0 Å². The molecule has 2 amide bonds. The second kappa shape index (κ2) is 6.47. The van der Waals surface area contributed by atoms with Gasteiger partial charge in [-0.15, -0.1) is 0 Å². The number of rotatable bonds is 4. The summed E-state index contributed by atoms with van der Waals surface area (Å²) >= 11 is 0. The number of carbonyl (C=O) groups excluding carboxylic acids is 2. The molecule has 6 nitrogen and oxygen atoms in total. The highest BCUT2D eigenvalue weighted by molar-refractivity contribution is 5.93. The lowest BCUT2D eigenvalue weighted by Crippen LogP contribution is -2.32. The maximum Gasteiger partial charge on any atom is 0.416 e. The molecule has 0 N–H and O–H groups in total. The van der Waals surface area contributed by atoms with Crippen LogP contribution in [0.1, 0.15) is 23.5 Å². The van der Waals surface area contributed by atoms with Gasteiger partial charge in [-0.25, -0.2) is 9.69 Å². The molecule has 2 aromatic carbocycles. The molecule has 2 aliphatic heterocycles. The molecule has 0 aromatic heterocycles. The van der Waals surface area contributed by atoms with Crippen molar-refractivity contribution in [2.45, 2.75) is 12.3 Å². The third-order valence-corrected chi connectivity index (χ3v) is 4.44. The monoisotopic (exact) mass is 339 g/mol. The molecule has 1 atom stereocenters. The maximum absolute atomic E-state index is 12.6. The Kier molecular flexibility index (Phi) is 4.01. The number of cyclic esters (lactones) is 1. The first-order chi connectivity index (χ1) is 12.2. The van der Waals surface area contributed by atoms with Crippen LogP contribution in [-0.2, 0) is 9.53 Å². The summed E-state index contributed by atoms with van der Waals surface area (Å²) in [6.07, 6.45) is -0.388. The van der Waals surface area contributed by atoms with E-state index in [1.807, 2.05) is 48.5 Å². The van der Waals surface area contributed by atoms with Gasteiger partial charge in [0.2, 0.25) is 12.7 Å². The van der Waals surface area contributed by atoms with Gasteiger partial charge < -0.3 is 14.2 Å². The number of nitrogens with zero attached hydrogens (tertiary/aromatic N) is 1. The number of fused-ring (bicyclic) bond motifs is 1. The van der Waals surface area contributed by atoms with Gasteiger partial charge in [-0.2, -0.15) is 0 Å². The Labute approximate surface area is 144 Å². The predicted molar refractivity (Wildman–Crippen MR) is 88.5 cm³/mol. The summed E-state index contributed by atoms with van der Waals surface area (Å²) in [6.45, 7) is 0.762. The van der Waals surface area contributed by atoms with Crippen LogP contribution in [0.2, 0.25) is 0 Å². The second-order valence-electron chi connectivity index (χ2n) is 5.94.